The average molecular weight is 255 g/mol. The summed E-state index contributed by atoms with van der Waals surface area (Å²) in [7, 11) is 0. The number of hydrogen-bond donors (Lipinski definition) is 2. The minimum atomic E-state index is -0.732. The van der Waals surface area contributed by atoms with Crippen LogP contribution < -0.4 is 5.32 Å². The van der Waals surface area contributed by atoms with Crippen LogP contribution in [0.25, 0.3) is 0 Å². The molecule has 18 heavy (non-hydrogen) atoms. The summed E-state index contributed by atoms with van der Waals surface area (Å²) in [5, 5.41) is 12.8. The van der Waals surface area contributed by atoms with Crippen molar-refractivity contribution in [1.82, 2.24) is 5.32 Å². The van der Waals surface area contributed by atoms with Crippen LogP contribution in [0.2, 0.25) is 0 Å². The molecule has 2 aliphatic carbocycles. The molecule has 4 nitrogen and oxygen atoms in total. The normalized spacial score (nSPS) is 23.4. The number of carbonyl (C=O) groups is 1. The molecule has 0 saturated heterocycles. The molecule has 2 rings (SSSR count). The molecule has 2 fully saturated rings. The van der Waals surface area contributed by atoms with Crippen LogP contribution >= 0.6 is 0 Å². The van der Waals surface area contributed by atoms with Crippen molar-refractivity contribution in [3.05, 3.63) is 0 Å². The third-order valence-corrected chi connectivity index (χ3v) is 4.22. The van der Waals surface area contributed by atoms with Gasteiger partial charge in [-0.15, -0.1) is 0 Å². The second kappa shape index (κ2) is 6.02. The van der Waals surface area contributed by atoms with Gasteiger partial charge in [0.15, 0.2) is 0 Å². The largest absolute Gasteiger partial charge is 0.480 e. The summed E-state index contributed by atoms with van der Waals surface area (Å²) in [6.07, 6.45) is 8.46. The Morgan fingerprint density at radius 2 is 2.11 bits per heavy atom. The number of ether oxygens (including phenoxy) is 1. The Morgan fingerprint density at radius 1 is 1.39 bits per heavy atom. The van der Waals surface area contributed by atoms with Crippen LogP contribution in [0.4, 0.5) is 0 Å². The van der Waals surface area contributed by atoms with E-state index in [1.54, 1.807) is 0 Å². The molecule has 2 aliphatic rings. The van der Waals surface area contributed by atoms with Crippen LogP contribution in [0.3, 0.4) is 0 Å². The number of nitrogens with one attached hydrogen (secondary N) is 1. The highest BCUT2D eigenvalue weighted by atomic mass is 16.5. The predicted molar refractivity (Wildman–Crippen MR) is 69.6 cm³/mol. The van der Waals surface area contributed by atoms with E-state index in [4.69, 9.17) is 4.74 Å². The smallest absolute Gasteiger partial charge is 0.323 e. The average Bonchev–Trinajstić information content (AvgIpc) is 3.08. The molecule has 104 valence electrons. The van der Waals surface area contributed by atoms with Gasteiger partial charge in [-0.2, -0.15) is 0 Å². The van der Waals surface area contributed by atoms with E-state index >= 15 is 0 Å². The monoisotopic (exact) mass is 255 g/mol. The Morgan fingerprint density at radius 3 is 2.56 bits per heavy atom. The molecule has 0 aromatic heterocycles. The fourth-order valence-electron chi connectivity index (χ4n) is 2.45. The first-order chi connectivity index (χ1) is 8.66. The van der Waals surface area contributed by atoms with Crippen molar-refractivity contribution in [2.45, 2.75) is 76.0 Å². The van der Waals surface area contributed by atoms with Crippen LogP contribution in [0.1, 0.15) is 58.3 Å². The van der Waals surface area contributed by atoms with Crippen molar-refractivity contribution in [1.29, 1.82) is 0 Å². The summed E-state index contributed by atoms with van der Waals surface area (Å²) in [5.41, 5.74) is -0.732. The van der Waals surface area contributed by atoms with Crippen molar-refractivity contribution < 1.29 is 14.6 Å². The summed E-state index contributed by atoms with van der Waals surface area (Å²) in [4.78, 5) is 11.5. The SMILES string of the molecule is CCC(CCCOC1CCC1)(NC1CC1)C(=O)O. The van der Waals surface area contributed by atoms with Crippen molar-refractivity contribution in [2.75, 3.05) is 6.61 Å². The molecular weight excluding hydrogens is 230 g/mol. The third kappa shape index (κ3) is 3.45. The summed E-state index contributed by atoms with van der Waals surface area (Å²) >= 11 is 0. The first-order valence-electron chi connectivity index (χ1n) is 7.29. The molecule has 0 aromatic rings. The third-order valence-electron chi connectivity index (χ3n) is 4.22. The minimum Gasteiger partial charge on any atom is -0.480 e. The quantitative estimate of drug-likeness (QED) is 0.621. The number of rotatable bonds is 9. The fourth-order valence-corrected chi connectivity index (χ4v) is 2.45. The van der Waals surface area contributed by atoms with E-state index in [-0.39, 0.29) is 0 Å². The van der Waals surface area contributed by atoms with Gasteiger partial charge in [0.25, 0.3) is 0 Å². The van der Waals surface area contributed by atoms with E-state index < -0.39 is 11.5 Å². The Balaban J connectivity index is 1.73. The standard InChI is InChI=1S/C14H25NO3/c1-2-14(13(16)17,15-11-7-8-11)9-4-10-18-12-5-3-6-12/h11-12,15H,2-10H2,1H3,(H,16,17). The van der Waals surface area contributed by atoms with Crippen LogP contribution in [-0.4, -0.2) is 35.4 Å². The zero-order valence-electron chi connectivity index (χ0n) is 11.3. The van der Waals surface area contributed by atoms with E-state index in [0.29, 0.717) is 31.6 Å². The van der Waals surface area contributed by atoms with Crippen LogP contribution in [-0.2, 0) is 9.53 Å². The molecule has 1 atom stereocenters. The summed E-state index contributed by atoms with van der Waals surface area (Å²) in [6, 6.07) is 0.425. The molecule has 0 bridgehead atoms. The lowest BCUT2D eigenvalue weighted by Crippen LogP contribution is -2.52. The van der Waals surface area contributed by atoms with Gasteiger partial charge in [0.2, 0.25) is 0 Å². The first kappa shape index (κ1) is 13.8. The van der Waals surface area contributed by atoms with Crippen LogP contribution in [0.5, 0.6) is 0 Å². The highest BCUT2D eigenvalue weighted by Gasteiger charge is 2.40. The highest BCUT2D eigenvalue weighted by Crippen LogP contribution is 2.28. The Bertz CT molecular complexity index is 287. The molecule has 0 heterocycles. The lowest BCUT2D eigenvalue weighted by atomic mass is 9.90. The molecule has 0 amide bonds. The number of carboxylic acid groups (broad SMARTS) is 1. The topological polar surface area (TPSA) is 58.6 Å². The van der Waals surface area contributed by atoms with Gasteiger partial charge in [-0.3, -0.25) is 10.1 Å². The summed E-state index contributed by atoms with van der Waals surface area (Å²) in [6.45, 7) is 2.66. The maximum atomic E-state index is 11.5. The van der Waals surface area contributed by atoms with Gasteiger partial charge in [0.1, 0.15) is 5.54 Å². The van der Waals surface area contributed by atoms with Gasteiger partial charge in [-0.1, -0.05) is 6.92 Å². The molecule has 4 heteroatoms. The van der Waals surface area contributed by atoms with Crippen molar-refractivity contribution in [3.63, 3.8) is 0 Å². The Hall–Kier alpha value is -0.610. The molecular formula is C14H25NO3. The lowest BCUT2D eigenvalue weighted by Gasteiger charge is -2.31. The van der Waals surface area contributed by atoms with Crippen LogP contribution in [0, 0.1) is 0 Å². The van der Waals surface area contributed by atoms with E-state index in [1.165, 1.54) is 19.3 Å². The molecule has 0 aliphatic heterocycles. The molecule has 1 unspecified atom stereocenters. The van der Waals surface area contributed by atoms with Crippen molar-refractivity contribution in [3.8, 4) is 0 Å². The molecule has 0 spiro atoms. The van der Waals surface area contributed by atoms with Gasteiger partial charge in [-0.05, 0) is 51.4 Å². The summed E-state index contributed by atoms with van der Waals surface area (Å²) in [5.74, 6) is -0.708. The second-order valence-corrected chi connectivity index (χ2v) is 5.69. The van der Waals surface area contributed by atoms with Gasteiger partial charge in [0.05, 0.1) is 6.10 Å². The maximum Gasteiger partial charge on any atom is 0.323 e. The van der Waals surface area contributed by atoms with Gasteiger partial charge in [0, 0.05) is 12.6 Å². The van der Waals surface area contributed by atoms with E-state index in [1.807, 2.05) is 6.92 Å². The van der Waals surface area contributed by atoms with Crippen LogP contribution in [0.15, 0.2) is 0 Å². The Labute approximate surface area is 109 Å². The molecule has 2 N–H and O–H groups in total. The zero-order valence-corrected chi connectivity index (χ0v) is 11.3. The minimum absolute atomic E-state index is 0.425. The molecule has 0 aromatic carbocycles. The van der Waals surface area contributed by atoms with E-state index in [2.05, 4.69) is 5.32 Å². The first-order valence-corrected chi connectivity index (χ1v) is 7.29. The van der Waals surface area contributed by atoms with E-state index in [0.717, 1.165) is 19.3 Å². The second-order valence-electron chi connectivity index (χ2n) is 5.69. The predicted octanol–water partition coefficient (Wildman–Crippen LogP) is 2.32. The molecule has 2 saturated carbocycles. The highest BCUT2D eigenvalue weighted by molar-refractivity contribution is 5.78. The molecule has 0 radical (unpaired) electrons. The maximum absolute atomic E-state index is 11.5. The number of hydrogen-bond acceptors (Lipinski definition) is 3. The number of aliphatic carboxylic acids is 1. The van der Waals surface area contributed by atoms with E-state index in [9.17, 15) is 9.90 Å². The lowest BCUT2D eigenvalue weighted by molar-refractivity contribution is -0.145. The van der Waals surface area contributed by atoms with Crippen molar-refractivity contribution >= 4 is 5.97 Å². The van der Waals surface area contributed by atoms with Gasteiger partial charge >= 0.3 is 5.97 Å². The zero-order chi connectivity index (χ0) is 13.0. The summed E-state index contributed by atoms with van der Waals surface area (Å²) < 4.78 is 5.70. The Kier molecular flexibility index (Phi) is 4.62. The van der Waals surface area contributed by atoms with Gasteiger partial charge in [-0.25, -0.2) is 0 Å². The van der Waals surface area contributed by atoms with Gasteiger partial charge < -0.3 is 9.84 Å². The fraction of sp³-hybridized carbons (Fsp3) is 0.929. The van der Waals surface area contributed by atoms with Crippen molar-refractivity contribution in [2.24, 2.45) is 0 Å². The number of carboxylic acids is 1.